The first-order valence-corrected chi connectivity index (χ1v) is 9.42. The number of aryl methyl sites for hydroxylation is 1. The van der Waals surface area contributed by atoms with E-state index < -0.39 is 17.8 Å². The summed E-state index contributed by atoms with van der Waals surface area (Å²) < 4.78 is 1.91. The maximum absolute atomic E-state index is 12.5. The Morgan fingerprint density at radius 2 is 1.79 bits per heavy atom. The van der Waals surface area contributed by atoms with Gasteiger partial charge in [0.1, 0.15) is 0 Å². The second-order valence-electron chi connectivity index (χ2n) is 6.14. The molecule has 2 aromatic carbocycles. The molecule has 0 bridgehead atoms. The number of hydrogen-bond donors (Lipinski definition) is 0. The van der Waals surface area contributed by atoms with Gasteiger partial charge in [-0.15, -0.1) is 0 Å². The average Bonchev–Trinajstić information content (AvgIpc) is 3.23. The van der Waals surface area contributed by atoms with Gasteiger partial charge in [-0.25, -0.2) is 9.78 Å². The van der Waals surface area contributed by atoms with Crippen molar-refractivity contribution in [2.45, 2.75) is 10.9 Å². The highest BCUT2D eigenvalue weighted by atomic mass is 32.2. The molecule has 0 radical (unpaired) electrons. The Labute approximate surface area is 164 Å². The molecular weight excluding hydrogens is 378 g/mol. The standard InChI is InChI=1S/C20H15N3O4S/c1-22-10-9-21-20(22)28-12-13-5-4-6-14(11-13)19(26)27-23-17(24)15-7-2-3-8-16(15)18(23)25/h2-11H,12H2,1H3. The molecule has 1 aliphatic rings. The van der Waals surface area contributed by atoms with Gasteiger partial charge in [0.2, 0.25) is 0 Å². The molecule has 4 rings (SSSR count). The first-order chi connectivity index (χ1) is 13.5. The van der Waals surface area contributed by atoms with Crippen LogP contribution in [0.3, 0.4) is 0 Å². The summed E-state index contributed by atoms with van der Waals surface area (Å²) in [4.78, 5) is 46.5. The van der Waals surface area contributed by atoms with Crippen LogP contribution in [0.2, 0.25) is 0 Å². The molecule has 140 valence electrons. The normalized spacial score (nSPS) is 13.0. The van der Waals surface area contributed by atoms with E-state index in [2.05, 4.69) is 4.98 Å². The molecule has 0 N–H and O–H groups in total. The Morgan fingerprint density at radius 1 is 1.07 bits per heavy atom. The number of fused-ring (bicyclic) bond motifs is 1. The lowest BCUT2D eigenvalue weighted by atomic mass is 10.1. The van der Waals surface area contributed by atoms with Crippen molar-refractivity contribution < 1.29 is 19.2 Å². The Hall–Kier alpha value is -3.39. The van der Waals surface area contributed by atoms with Crippen LogP contribution in [-0.4, -0.2) is 32.4 Å². The fraction of sp³-hybridized carbons (Fsp3) is 0.100. The van der Waals surface area contributed by atoms with Crippen LogP contribution in [0.5, 0.6) is 0 Å². The van der Waals surface area contributed by atoms with Crippen LogP contribution in [0.4, 0.5) is 0 Å². The smallest absolute Gasteiger partial charge is 0.329 e. The van der Waals surface area contributed by atoms with Crippen LogP contribution in [0.15, 0.2) is 66.1 Å². The molecular formula is C20H15N3O4S. The summed E-state index contributed by atoms with van der Waals surface area (Å²) in [6.07, 6.45) is 3.58. The number of aromatic nitrogens is 2. The van der Waals surface area contributed by atoms with E-state index in [1.54, 1.807) is 36.5 Å². The van der Waals surface area contributed by atoms with Crippen LogP contribution in [0.1, 0.15) is 36.6 Å². The number of amides is 2. The maximum atomic E-state index is 12.5. The summed E-state index contributed by atoms with van der Waals surface area (Å²) >= 11 is 1.53. The lowest BCUT2D eigenvalue weighted by molar-refractivity contribution is -0.0584. The number of imide groups is 1. The minimum absolute atomic E-state index is 0.223. The summed E-state index contributed by atoms with van der Waals surface area (Å²) in [5.74, 6) is -1.44. The number of carbonyl (C=O) groups excluding carboxylic acids is 3. The maximum Gasteiger partial charge on any atom is 0.363 e. The highest BCUT2D eigenvalue weighted by Crippen LogP contribution is 2.24. The summed E-state index contributed by atoms with van der Waals surface area (Å²) in [6.45, 7) is 0. The van der Waals surface area contributed by atoms with Gasteiger partial charge in [-0.1, -0.05) is 41.1 Å². The molecule has 0 atom stereocenters. The largest absolute Gasteiger partial charge is 0.363 e. The number of thioether (sulfide) groups is 1. The molecule has 0 fully saturated rings. The van der Waals surface area contributed by atoms with E-state index in [9.17, 15) is 14.4 Å². The van der Waals surface area contributed by atoms with E-state index in [1.807, 2.05) is 23.9 Å². The predicted octanol–water partition coefficient (Wildman–Crippen LogP) is 3.08. The van der Waals surface area contributed by atoms with Gasteiger partial charge in [-0.05, 0) is 29.8 Å². The molecule has 0 aliphatic carbocycles. The highest BCUT2D eigenvalue weighted by molar-refractivity contribution is 7.98. The van der Waals surface area contributed by atoms with E-state index >= 15 is 0 Å². The molecule has 2 amide bonds. The summed E-state index contributed by atoms with van der Waals surface area (Å²) in [5.41, 5.74) is 1.60. The molecule has 0 saturated heterocycles. The molecule has 2 heterocycles. The van der Waals surface area contributed by atoms with Crippen LogP contribution < -0.4 is 0 Å². The quantitative estimate of drug-likeness (QED) is 0.489. The van der Waals surface area contributed by atoms with Gasteiger partial charge in [-0.3, -0.25) is 9.59 Å². The third-order valence-corrected chi connectivity index (χ3v) is 5.37. The molecule has 8 heteroatoms. The summed E-state index contributed by atoms with van der Waals surface area (Å²) in [7, 11) is 1.91. The van der Waals surface area contributed by atoms with Crippen molar-refractivity contribution >= 4 is 29.5 Å². The van der Waals surface area contributed by atoms with Crippen molar-refractivity contribution in [2.75, 3.05) is 0 Å². The monoisotopic (exact) mass is 393 g/mol. The minimum atomic E-state index is -0.765. The first-order valence-electron chi connectivity index (χ1n) is 8.44. The Bertz CT molecular complexity index is 1060. The van der Waals surface area contributed by atoms with E-state index in [0.717, 1.165) is 10.7 Å². The predicted molar refractivity (Wildman–Crippen MR) is 102 cm³/mol. The van der Waals surface area contributed by atoms with Crippen molar-refractivity contribution in [1.82, 2.24) is 14.6 Å². The van der Waals surface area contributed by atoms with Crippen molar-refractivity contribution in [1.29, 1.82) is 0 Å². The molecule has 28 heavy (non-hydrogen) atoms. The highest BCUT2D eigenvalue weighted by Gasteiger charge is 2.38. The van der Waals surface area contributed by atoms with Crippen LogP contribution in [0, 0.1) is 0 Å². The fourth-order valence-corrected chi connectivity index (χ4v) is 3.69. The van der Waals surface area contributed by atoms with Gasteiger partial charge in [0.15, 0.2) is 5.16 Å². The zero-order chi connectivity index (χ0) is 19.7. The first kappa shape index (κ1) is 18.0. The van der Waals surface area contributed by atoms with Crippen molar-refractivity contribution in [3.05, 3.63) is 83.2 Å². The van der Waals surface area contributed by atoms with Gasteiger partial charge in [0.25, 0.3) is 11.8 Å². The number of nitrogens with zero attached hydrogens (tertiary/aromatic N) is 3. The van der Waals surface area contributed by atoms with Crippen molar-refractivity contribution in [3.8, 4) is 0 Å². The van der Waals surface area contributed by atoms with Gasteiger partial charge in [-0.2, -0.15) is 0 Å². The molecule has 0 unspecified atom stereocenters. The Kier molecular flexibility index (Phi) is 4.70. The molecule has 3 aromatic rings. The third kappa shape index (κ3) is 3.29. The van der Waals surface area contributed by atoms with Gasteiger partial charge in [0, 0.05) is 25.2 Å². The number of hydroxylamine groups is 2. The molecule has 0 saturated carbocycles. The molecule has 1 aliphatic heterocycles. The second-order valence-corrected chi connectivity index (χ2v) is 7.08. The number of rotatable bonds is 5. The van der Waals surface area contributed by atoms with Crippen LogP contribution >= 0.6 is 11.8 Å². The van der Waals surface area contributed by atoms with E-state index in [1.165, 1.54) is 23.9 Å². The van der Waals surface area contributed by atoms with E-state index in [0.29, 0.717) is 10.8 Å². The van der Waals surface area contributed by atoms with Gasteiger partial charge < -0.3 is 9.40 Å². The van der Waals surface area contributed by atoms with Crippen molar-refractivity contribution in [3.63, 3.8) is 0 Å². The second kappa shape index (κ2) is 7.32. The minimum Gasteiger partial charge on any atom is -0.329 e. The SMILES string of the molecule is Cn1ccnc1SCc1cccc(C(=O)ON2C(=O)c3ccccc3C2=O)c1. The lowest BCUT2D eigenvalue weighted by Crippen LogP contribution is -2.32. The third-order valence-electron chi connectivity index (χ3n) is 4.24. The molecule has 0 spiro atoms. The number of benzene rings is 2. The number of hydrogen-bond acceptors (Lipinski definition) is 6. The zero-order valence-electron chi connectivity index (χ0n) is 14.9. The summed E-state index contributed by atoms with van der Waals surface area (Å²) in [6, 6.07) is 13.2. The van der Waals surface area contributed by atoms with Gasteiger partial charge in [0.05, 0.1) is 16.7 Å². The lowest BCUT2D eigenvalue weighted by Gasteiger charge is -2.13. The van der Waals surface area contributed by atoms with E-state index in [-0.39, 0.29) is 16.7 Å². The Morgan fingerprint density at radius 3 is 2.43 bits per heavy atom. The van der Waals surface area contributed by atoms with Crippen LogP contribution in [0.25, 0.3) is 0 Å². The van der Waals surface area contributed by atoms with Gasteiger partial charge >= 0.3 is 5.97 Å². The fourth-order valence-electron chi connectivity index (χ4n) is 2.81. The molecule has 1 aromatic heterocycles. The summed E-state index contributed by atoms with van der Waals surface area (Å²) in [5, 5.41) is 1.38. The average molecular weight is 393 g/mol. The Balaban J connectivity index is 1.46. The van der Waals surface area contributed by atoms with Crippen LogP contribution in [-0.2, 0) is 17.6 Å². The number of imidazole rings is 1. The van der Waals surface area contributed by atoms with Crippen molar-refractivity contribution in [2.24, 2.45) is 7.05 Å². The molecule has 7 nitrogen and oxygen atoms in total. The van der Waals surface area contributed by atoms with E-state index in [4.69, 9.17) is 4.84 Å². The zero-order valence-corrected chi connectivity index (χ0v) is 15.7. The topological polar surface area (TPSA) is 81.5 Å². The number of carbonyl (C=O) groups is 3.